The fourth-order valence-electron chi connectivity index (χ4n) is 3.29. The number of rotatable bonds is 4. The predicted molar refractivity (Wildman–Crippen MR) is 134 cm³/mol. The number of non-ortho nitro benzene ring substituents is 2. The average molecular weight is 564 g/mol. The number of nitrogens with one attached hydrogen (secondary N) is 1. The van der Waals surface area contributed by atoms with Crippen LogP contribution in [-0.4, -0.2) is 35.9 Å². The molecule has 4 rings (SSSR count). The number of Topliss-reactive ketones (excluding diaryl/α,β-unsaturated/α-hetero) is 2. The molecule has 0 fully saturated rings. The number of nitrogens with zero attached hydrogens (tertiary/aromatic N) is 3. The summed E-state index contributed by atoms with van der Waals surface area (Å²) in [5.74, 6) is -0.201. The number of fused-ring (bicyclic) bond motifs is 2. The average Bonchev–Trinajstić information content (AvgIpc) is 3.36. The molecular formula is C22H21IN4O6. The Labute approximate surface area is 202 Å². The third-order valence-corrected chi connectivity index (χ3v) is 4.82. The molecule has 0 bridgehead atoms. The first-order valence-electron chi connectivity index (χ1n) is 9.48. The summed E-state index contributed by atoms with van der Waals surface area (Å²) in [6, 6.07) is 8.93. The van der Waals surface area contributed by atoms with Gasteiger partial charge in [-0.2, -0.15) is 0 Å². The summed E-state index contributed by atoms with van der Waals surface area (Å²) < 4.78 is 1.79. The molecule has 0 spiro atoms. The van der Waals surface area contributed by atoms with Crippen molar-refractivity contribution in [2.24, 2.45) is 7.05 Å². The van der Waals surface area contributed by atoms with Crippen LogP contribution in [0.5, 0.6) is 0 Å². The van der Waals surface area contributed by atoms with Crippen LogP contribution in [0.15, 0.2) is 48.8 Å². The van der Waals surface area contributed by atoms with E-state index in [0.717, 1.165) is 11.0 Å². The maximum absolute atomic E-state index is 11.4. The molecule has 2 aromatic heterocycles. The Morgan fingerprint density at radius 1 is 0.879 bits per heavy atom. The molecule has 172 valence electrons. The summed E-state index contributed by atoms with van der Waals surface area (Å²) in [4.78, 5) is 47.7. The highest BCUT2D eigenvalue weighted by molar-refractivity contribution is 14.1. The van der Waals surface area contributed by atoms with E-state index in [1.165, 1.54) is 38.1 Å². The molecule has 0 aliphatic carbocycles. The van der Waals surface area contributed by atoms with Crippen molar-refractivity contribution in [3.05, 3.63) is 80.1 Å². The number of alkyl halides is 1. The zero-order valence-corrected chi connectivity index (χ0v) is 20.4. The summed E-state index contributed by atoms with van der Waals surface area (Å²) in [6.45, 7) is 2.88. The number of H-pyrrole nitrogens is 1. The molecule has 0 aliphatic heterocycles. The third kappa shape index (κ3) is 5.61. The Balaban J connectivity index is 0.000000218. The van der Waals surface area contributed by atoms with Gasteiger partial charge in [0.1, 0.15) is 0 Å². The smallest absolute Gasteiger partial charge is 0.270 e. The number of aromatic amines is 1. The second kappa shape index (κ2) is 10.8. The Hall–Kier alpha value is -3.61. The predicted octanol–water partition coefficient (Wildman–Crippen LogP) is 5.62. The number of ketones is 2. The molecule has 0 aliphatic rings. The van der Waals surface area contributed by atoms with E-state index in [9.17, 15) is 29.8 Å². The minimum absolute atomic E-state index is 0.00111. The largest absolute Gasteiger partial charge is 0.360 e. The van der Waals surface area contributed by atoms with Gasteiger partial charge in [-0.05, 0) is 30.9 Å². The van der Waals surface area contributed by atoms with Crippen molar-refractivity contribution in [2.45, 2.75) is 13.8 Å². The molecule has 0 amide bonds. The van der Waals surface area contributed by atoms with Gasteiger partial charge in [0, 0.05) is 76.6 Å². The van der Waals surface area contributed by atoms with Crippen LogP contribution in [0.2, 0.25) is 0 Å². The summed E-state index contributed by atoms with van der Waals surface area (Å²) in [7, 11) is 1.81. The van der Waals surface area contributed by atoms with Crippen LogP contribution >= 0.6 is 22.6 Å². The second-order valence-electron chi connectivity index (χ2n) is 6.91. The summed E-state index contributed by atoms with van der Waals surface area (Å²) in [6.07, 6.45) is 3.26. The van der Waals surface area contributed by atoms with Crippen molar-refractivity contribution in [2.75, 3.05) is 4.93 Å². The van der Waals surface area contributed by atoms with Gasteiger partial charge in [-0.3, -0.25) is 29.8 Å². The zero-order valence-electron chi connectivity index (χ0n) is 18.3. The molecule has 0 atom stereocenters. The van der Waals surface area contributed by atoms with Crippen molar-refractivity contribution in [3.63, 3.8) is 0 Å². The maximum Gasteiger partial charge on any atom is 0.270 e. The zero-order chi connectivity index (χ0) is 24.9. The van der Waals surface area contributed by atoms with E-state index in [2.05, 4.69) is 27.6 Å². The Morgan fingerprint density at radius 2 is 1.39 bits per heavy atom. The van der Waals surface area contributed by atoms with Crippen LogP contribution in [0.4, 0.5) is 11.4 Å². The molecule has 0 saturated carbocycles. The number of halogens is 1. The van der Waals surface area contributed by atoms with Gasteiger partial charge in [-0.15, -0.1) is 0 Å². The van der Waals surface area contributed by atoms with Crippen molar-refractivity contribution in [1.82, 2.24) is 9.55 Å². The molecule has 2 aromatic carbocycles. The molecule has 10 nitrogen and oxygen atoms in total. The van der Waals surface area contributed by atoms with Gasteiger partial charge >= 0.3 is 0 Å². The van der Waals surface area contributed by atoms with Crippen molar-refractivity contribution in [3.8, 4) is 0 Å². The molecule has 0 unspecified atom stereocenters. The standard InChI is InChI=1S/C11H10N2O3.C10H8N2O3.CH3I/c1-7(14)10-6-12(2)11-4-3-8(13(15)16)5-9(10)11;1-6(13)9-5-11-10-3-2-7(12(14)15)4-8(9)10;1-2/h3-6H,1-2H3;2-5,11H,1H3;1H3. The molecule has 0 saturated heterocycles. The molecule has 2 heterocycles. The van der Waals surface area contributed by atoms with Crippen LogP contribution < -0.4 is 0 Å². The van der Waals surface area contributed by atoms with Crippen LogP contribution in [0.25, 0.3) is 21.8 Å². The lowest BCUT2D eigenvalue weighted by molar-refractivity contribution is -0.384. The number of nitro benzene ring substituents is 2. The van der Waals surface area contributed by atoms with Gasteiger partial charge in [-0.1, -0.05) is 22.6 Å². The Morgan fingerprint density at radius 3 is 1.91 bits per heavy atom. The quantitative estimate of drug-likeness (QED) is 0.112. The van der Waals surface area contributed by atoms with E-state index >= 15 is 0 Å². The summed E-state index contributed by atoms with van der Waals surface area (Å²) in [5.41, 5.74) is 2.53. The number of hydrogen-bond donors (Lipinski definition) is 1. The monoisotopic (exact) mass is 564 g/mol. The first-order chi connectivity index (χ1) is 15.6. The molecule has 0 radical (unpaired) electrons. The first-order valence-corrected chi connectivity index (χ1v) is 11.6. The highest BCUT2D eigenvalue weighted by Crippen LogP contribution is 2.26. The Bertz CT molecular complexity index is 1370. The van der Waals surface area contributed by atoms with E-state index < -0.39 is 9.85 Å². The number of carbonyl (C=O) groups excluding carboxylic acids is 2. The van der Waals surface area contributed by atoms with Gasteiger partial charge in [0.25, 0.3) is 11.4 Å². The maximum atomic E-state index is 11.4. The highest BCUT2D eigenvalue weighted by atomic mass is 127. The number of hydrogen-bond acceptors (Lipinski definition) is 6. The van der Waals surface area contributed by atoms with E-state index in [1.54, 1.807) is 36.1 Å². The minimum Gasteiger partial charge on any atom is -0.360 e. The molecule has 11 heteroatoms. The van der Waals surface area contributed by atoms with E-state index in [4.69, 9.17) is 0 Å². The number of carbonyl (C=O) groups is 2. The normalized spacial score (nSPS) is 10.1. The number of aromatic nitrogens is 2. The van der Waals surface area contributed by atoms with Crippen LogP contribution in [-0.2, 0) is 7.05 Å². The van der Waals surface area contributed by atoms with Crippen molar-refractivity contribution < 1.29 is 19.4 Å². The summed E-state index contributed by atoms with van der Waals surface area (Å²) in [5, 5.41) is 22.4. The molecular weight excluding hydrogens is 543 g/mol. The SMILES string of the molecule is CC(=O)c1c[nH]c2ccc([N+](=O)[O-])cc12.CC(=O)c1cn(C)c2ccc([N+](=O)[O-])cc12.CI. The molecule has 1 N–H and O–H groups in total. The second-order valence-corrected chi connectivity index (χ2v) is 6.91. The third-order valence-electron chi connectivity index (χ3n) is 4.82. The van der Waals surface area contributed by atoms with Gasteiger partial charge in [-0.25, -0.2) is 0 Å². The lowest BCUT2D eigenvalue weighted by Crippen LogP contribution is -1.90. The van der Waals surface area contributed by atoms with E-state index in [0.29, 0.717) is 21.9 Å². The van der Waals surface area contributed by atoms with E-state index in [-0.39, 0.29) is 22.9 Å². The number of benzene rings is 2. The van der Waals surface area contributed by atoms with E-state index in [1.807, 2.05) is 4.93 Å². The van der Waals surface area contributed by atoms with Crippen LogP contribution in [0.1, 0.15) is 34.6 Å². The van der Waals surface area contributed by atoms with Crippen molar-refractivity contribution in [1.29, 1.82) is 0 Å². The van der Waals surface area contributed by atoms with Gasteiger partial charge in [0.05, 0.1) is 9.85 Å². The van der Waals surface area contributed by atoms with Gasteiger partial charge in [0.2, 0.25) is 0 Å². The fraction of sp³-hybridized carbons (Fsp3) is 0.182. The number of aryl methyl sites for hydroxylation is 1. The highest BCUT2D eigenvalue weighted by Gasteiger charge is 2.14. The lowest BCUT2D eigenvalue weighted by Gasteiger charge is -1.95. The Kier molecular flexibility index (Phi) is 8.40. The molecule has 4 aromatic rings. The van der Waals surface area contributed by atoms with Crippen LogP contribution in [0, 0.1) is 20.2 Å². The lowest BCUT2D eigenvalue weighted by atomic mass is 10.1. The number of nitro groups is 2. The topological polar surface area (TPSA) is 141 Å². The van der Waals surface area contributed by atoms with Gasteiger partial charge in [0.15, 0.2) is 11.6 Å². The van der Waals surface area contributed by atoms with Crippen molar-refractivity contribution >= 4 is 67.3 Å². The first kappa shape index (κ1) is 25.6. The summed E-state index contributed by atoms with van der Waals surface area (Å²) >= 11 is 2.15. The van der Waals surface area contributed by atoms with Gasteiger partial charge < -0.3 is 9.55 Å². The van der Waals surface area contributed by atoms with Crippen LogP contribution in [0.3, 0.4) is 0 Å². The molecule has 33 heavy (non-hydrogen) atoms. The minimum atomic E-state index is -0.476. The fourth-order valence-corrected chi connectivity index (χ4v) is 3.29.